The molecule has 0 N–H and O–H groups in total. The van der Waals surface area contributed by atoms with E-state index >= 15 is 0 Å². The van der Waals surface area contributed by atoms with E-state index in [1.54, 1.807) is 12.1 Å². The quantitative estimate of drug-likeness (QED) is 0.492. The second-order valence-corrected chi connectivity index (χ2v) is 5.48. The molecule has 1 heteroatoms. The standard InChI is InChI=1S/C18H15F/c19-16-8-7-13-11-18-14(9-15(13)10-16)6-5-12-3-1-2-4-17(12)18/h5-11H,1-4H2. The van der Waals surface area contributed by atoms with Crippen LogP contribution in [0.3, 0.4) is 0 Å². The van der Waals surface area contributed by atoms with E-state index in [-0.39, 0.29) is 5.82 Å². The molecule has 94 valence electrons. The summed E-state index contributed by atoms with van der Waals surface area (Å²) in [6, 6.07) is 13.8. The number of rotatable bonds is 0. The minimum atomic E-state index is -0.162. The Balaban J connectivity index is 2.09. The molecule has 0 amide bonds. The van der Waals surface area contributed by atoms with Gasteiger partial charge in [0.2, 0.25) is 0 Å². The van der Waals surface area contributed by atoms with Gasteiger partial charge >= 0.3 is 0 Å². The fourth-order valence-electron chi connectivity index (χ4n) is 3.30. The van der Waals surface area contributed by atoms with Crippen LogP contribution in [0.25, 0.3) is 21.5 Å². The van der Waals surface area contributed by atoms with Crippen molar-refractivity contribution in [2.75, 3.05) is 0 Å². The molecule has 3 aromatic rings. The molecule has 0 saturated heterocycles. The normalized spacial score (nSPS) is 14.8. The van der Waals surface area contributed by atoms with Gasteiger partial charge in [0, 0.05) is 0 Å². The molecule has 0 spiro atoms. The predicted molar refractivity (Wildman–Crippen MR) is 78.1 cm³/mol. The van der Waals surface area contributed by atoms with Crippen LogP contribution in [0.15, 0.2) is 42.5 Å². The van der Waals surface area contributed by atoms with Crippen molar-refractivity contribution in [1.29, 1.82) is 0 Å². The van der Waals surface area contributed by atoms with E-state index in [1.807, 2.05) is 6.07 Å². The fourth-order valence-corrected chi connectivity index (χ4v) is 3.30. The number of halogens is 1. The first-order chi connectivity index (χ1) is 9.31. The van der Waals surface area contributed by atoms with E-state index in [0.29, 0.717) is 0 Å². The first kappa shape index (κ1) is 11.0. The molecule has 0 nitrogen and oxygen atoms in total. The van der Waals surface area contributed by atoms with E-state index in [9.17, 15) is 4.39 Å². The molecule has 1 aliphatic carbocycles. The van der Waals surface area contributed by atoms with Crippen molar-refractivity contribution in [3.8, 4) is 0 Å². The Bertz CT molecular complexity index is 786. The Hall–Kier alpha value is -1.89. The van der Waals surface area contributed by atoms with Crippen LogP contribution in [0.1, 0.15) is 24.0 Å². The average molecular weight is 250 g/mol. The zero-order valence-corrected chi connectivity index (χ0v) is 10.7. The third-order valence-electron chi connectivity index (χ3n) is 4.27. The fraction of sp³-hybridized carbons (Fsp3) is 0.222. The van der Waals surface area contributed by atoms with Gasteiger partial charge in [0.25, 0.3) is 0 Å². The topological polar surface area (TPSA) is 0 Å². The van der Waals surface area contributed by atoms with E-state index in [0.717, 1.165) is 10.8 Å². The van der Waals surface area contributed by atoms with Crippen molar-refractivity contribution < 1.29 is 4.39 Å². The van der Waals surface area contributed by atoms with Gasteiger partial charge in [-0.2, -0.15) is 0 Å². The lowest BCUT2D eigenvalue weighted by Gasteiger charge is -2.18. The highest BCUT2D eigenvalue weighted by Crippen LogP contribution is 2.32. The third-order valence-corrected chi connectivity index (χ3v) is 4.27. The van der Waals surface area contributed by atoms with Crippen LogP contribution in [0, 0.1) is 5.82 Å². The van der Waals surface area contributed by atoms with Crippen molar-refractivity contribution in [2.45, 2.75) is 25.7 Å². The molecule has 0 radical (unpaired) electrons. The molecule has 0 fully saturated rings. The summed E-state index contributed by atoms with van der Waals surface area (Å²) in [5.74, 6) is -0.162. The number of aryl methyl sites for hydroxylation is 2. The first-order valence-electron chi connectivity index (χ1n) is 6.95. The molecule has 1 aliphatic rings. The highest BCUT2D eigenvalue weighted by atomic mass is 19.1. The molecule has 0 aromatic heterocycles. The zero-order valence-electron chi connectivity index (χ0n) is 10.7. The van der Waals surface area contributed by atoms with E-state index < -0.39 is 0 Å². The maximum Gasteiger partial charge on any atom is 0.123 e. The molecule has 0 heterocycles. The molecular weight excluding hydrogens is 235 g/mol. The zero-order chi connectivity index (χ0) is 12.8. The van der Waals surface area contributed by atoms with Crippen molar-refractivity contribution in [3.63, 3.8) is 0 Å². The molecule has 3 aromatic carbocycles. The maximum absolute atomic E-state index is 13.3. The summed E-state index contributed by atoms with van der Waals surface area (Å²) in [5, 5.41) is 4.71. The Kier molecular flexibility index (Phi) is 2.34. The number of hydrogen-bond donors (Lipinski definition) is 0. The second-order valence-electron chi connectivity index (χ2n) is 5.48. The lowest BCUT2D eigenvalue weighted by molar-refractivity contribution is 0.630. The van der Waals surface area contributed by atoms with Crippen LogP contribution in [-0.2, 0) is 12.8 Å². The molecule has 0 bridgehead atoms. The maximum atomic E-state index is 13.3. The monoisotopic (exact) mass is 250 g/mol. The predicted octanol–water partition coefficient (Wildman–Crippen LogP) is 5.01. The molecule has 0 atom stereocenters. The van der Waals surface area contributed by atoms with Crippen LogP contribution in [-0.4, -0.2) is 0 Å². The van der Waals surface area contributed by atoms with Gasteiger partial charge < -0.3 is 0 Å². The van der Waals surface area contributed by atoms with E-state index in [1.165, 1.54) is 47.6 Å². The highest BCUT2D eigenvalue weighted by Gasteiger charge is 2.12. The van der Waals surface area contributed by atoms with Gasteiger partial charge in [0.05, 0.1) is 0 Å². The van der Waals surface area contributed by atoms with Gasteiger partial charge in [0.15, 0.2) is 0 Å². The molecule has 0 aliphatic heterocycles. The number of hydrogen-bond acceptors (Lipinski definition) is 0. The number of fused-ring (bicyclic) bond motifs is 4. The van der Waals surface area contributed by atoms with Gasteiger partial charge in [-0.1, -0.05) is 18.2 Å². The Morgan fingerprint density at radius 2 is 1.58 bits per heavy atom. The minimum Gasteiger partial charge on any atom is -0.207 e. The Morgan fingerprint density at radius 3 is 2.53 bits per heavy atom. The van der Waals surface area contributed by atoms with Crippen LogP contribution in [0.5, 0.6) is 0 Å². The van der Waals surface area contributed by atoms with Crippen molar-refractivity contribution in [3.05, 3.63) is 59.4 Å². The largest absolute Gasteiger partial charge is 0.207 e. The third kappa shape index (κ3) is 1.73. The molecular formula is C18H15F. The van der Waals surface area contributed by atoms with Gasteiger partial charge in [-0.05, 0) is 82.6 Å². The summed E-state index contributed by atoms with van der Waals surface area (Å²) >= 11 is 0. The molecule has 4 rings (SSSR count). The van der Waals surface area contributed by atoms with Crippen LogP contribution in [0.2, 0.25) is 0 Å². The summed E-state index contributed by atoms with van der Waals surface area (Å²) in [5.41, 5.74) is 3.01. The van der Waals surface area contributed by atoms with Crippen LogP contribution < -0.4 is 0 Å². The number of benzene rings is 3. The smallest absolute Gasteiger partial charge is 0.123 e. The van der Waals surface area contributed by atoms with Crippen molar-refractivity contribution in [1.82, 2.24) is 0 Å². The lowest BCUT2D eigenvalue weighted by Crippen LogP contribution is -2.02. The summed E-state index contributed by atoms with van der Waals surface area (Å²) in [6.07, 6.45) is 4.97. The van der Waals surface area contributed by atoms with Gasteiger partial charge in [-0.3, -0.25) is 0 Å². The summed E-state index contributed by atoms with van der Waals surface area (Å²) in [6.45, 7) is 0. The van der Waals surface area contributed by atoms with E-state index in [2.05, 4.69) is 24.3 Å². The van der Waals surface area contributed by atoms with Crippen molar-refractivity contribution in [2.24, 2.45) is 0 Å². The average Bonchev–Trinajstić information content (AvgIpc) is 2.45. The van der Waals surface area contributed by atoms with Crippen molar-refractivity contribution >= 4 is 21.5 Å². The van der Waals surface area contributed by atoms with Gasteiger partial charge in [0.1, 0.15) is 5.82 Å². The summed E-state index contributed by atoms with van der Waals surface area (Å²) in [7, 11) is 0. The molecule has 0 unspecified atom stereocenters. The second kappa shape index (κ2) is 4.06. The molecule has 0 saturated carbocycles. The summed E-state index contributed by atoms with van der Waals surface area (Å²) in [4.78, 5) is 0. The van der Waals surface area contributed by atoms with Crippen LogP contribution >= 0.6 is 0 Å². The lowest BCUT2D eigenvalue weighted by atomic mass is 9.87. The first-order valence-corrected chi connectivity index (χ1v) is 6.95. The highest BCUT2D eigenvalue weighted by molar-refractivity contribution is 6.00. The van der Waals surface area contributed by atoms with Crippen LogP contribution in [0.4, 0.5) is 4.39 Å². The van der Waals surface area contributed by atoms with Gasteiger partial charge in [-0.25, -0.2) is 4.39 Å². The van der Waals surface area contributed by atoms with E-state index in [4.69, 9.17) is 0 Å². The summed E-state index contributed by atoms with van der Waals surface area (Å²) < 4.78 is 13.3. The SMILES string of the molecule is Fc1ccc2cc3c4c(ccc3cc2c1)CCCC4. The minimum absolute atomic E-state index is 0.162. The Morgan fingerprint density at radius 1 is 0.737 bits per heavy atom. The van der Waals surface area contributed by atoms with Gasteiger partial charge in [-0.15, -0.1) is 0 Å². The Labute approximate surface area is 111 Å². The molecule has 19 heavy (non-hydrogen) atoms.